The van der Waals surface area contributed by atoms with E-state index < -0.39 is 11.7 Å². The highest BCUT2D eigenvalue weighted by Gasteiger charge is 2.30. The number of benzene rings is 1. The number of hydrogen-bond acceptors (Lipinski definition) is 5. The third kappa shape index (κ3) is 5.04. The van der Waals surface area contributed by atoms with E-state index in [0.29, 0.717) is 11.5 Å². The van der Waals surface area contributed by atoms with Crippen molar-refractivity contribution in [2.75, 3.05) is 7.05 Å². The van der Waals surface area contributed by atoms with Crippen LogP contribution in [0.3, 0.4) is 0 Å². The molecule has 0 N–H and O–H groups in total. The molecule has 126 valence electrons. The summed E-state index contributed by atoms with van der Waals surface area (Å²) >= 11 is 0. The molecule has 2 aromatic rings. The van der Waals surface area contributed by atoms with Crippen molar-refractivity contribution in [1.82, 2.24) is 15.2 Å². The summed E-state index contributed by atoms with van der Waals surface area (Å²) in [4.78, 5) is 9.75. The van der Waals surface area contributed by atoms with E-state index in [1.165, 1.54) is 12.1 Å². The van der Waals surface area contributed by atoms with Crippen molar-refractivity contribution >= 4 is 0 Å². The zero-order valence-corrected chi connectivity index (χ0v) is 13.3. The van der Waals surface area contributed by atoms with Crippen LogP contribution in [0.5, 0.6) is 0 Å². The SMILES string of the molecule is CN(Cc1nc(-c2ccc(C(F)(F)F)cc2)no1)OC(C)(C)C. The van der Waals surface area contributed by atoms with Crippen molar-refractivity contribution in [2.45, 2.75) is 39.1 Å². The Morgan fingerprint density at radius 2 is 1.74 bits per heavy atom. The first kappa shape index (κ1) is 17.4. The summed E-state index contributed by atoms with van der Waals surface area (Å²) in [6.07, 6.45) is -4.37. The Kier molecular flexibility index (Phi) is 4.76. The van der Waals surface area contributed by atoms with Crippen molar-refractivity contribution in [3.63, 3.8) is 0 Å². The normalized spacial score (nSPS) is 12.9. The van der Waals surface area contributed by atoms with E-state index in [9.17, 15) is 13.2 Å². The molecule has 0 amide bonds. The molecule has 0 aliphatic heterocycles. The summed E-state index contributed by atoms with van der Waals surface area (Å²) in [5.74, 6) is 0.546. The average molecular weight is 329 g/mol. The summed E-state index contributed by atoms with van der Waals surface area (Å²) in [6.45, 7) is 5.99. The first-order valence-corrected chi connectivity index (χ1v) is 6.95. The number of aromatic nitrogens is 2. The van der Waals surface area contributed by atoms with Gasteiger partial charge in [-0.25, -0.2) is 0 Å². The van der Waals surface area contributed by atoms with Crippen molar-refractivity contribution in [3.05, 3.63) is 35.7 Å². The topological polar surface area (TPSA) is 51.4 Å². The van der Waals surface area contributed by atoms with Crippen molar-refractivity contribution < 1.29 is 22.5 Å². The molecule has 2 rings (SSSR count). The molecule has 0 aliphatic carbocycles. The van der Waals surface area contributed by atoms with E-state index in [0.717, 1.165) is 12.1 Å². The van der Waals surface area contributed by atoms with Gasteiger partial charge in [0, 0.05) is 12.6 Å². The lowest BCUT2D eigenvalue weighted by atomic mass is 10.1. The third-order valence-electron chi connectivity index (χ3n) is 2.73. The molecule has 0 saturated carbocycles. The number of hydroxylamine groups is 2. The fourth-order valence-electron chi connectivity index (χ4n) is 1.93. The van der Waals surface area contributed by atoms with Crippen LogP contribution in [-0.4, -0.2) is 27.9 Å². The van der Waals surface area contributed by atoms with Gasteiger partial charge in [0.25, 0.3) is 0 Å². The maximum atomic E-state index is 12.5. The van der Waals surface area contributed by atoms with Gasteiger partial charge in [-0.1, -0.05) is 17.3 Å². The predicted molar refractivity (Wildman–Crippen MR) is 77.0 cm³/mol. The molecule has 0 bridgehead atoms. The van der Waals surface area contributed by atoms with Crippen molar-refractivity contribution in [1.29, 1.82) is 0 Å². The molecule has 23 heavy (non-hydrogen) atoms. The summed E-state index contributed by atoms with van der Waals surface area (Å²) < 4.78 is 42.7. The molecular weight excluding hydrogens is 311 g/mol. The van der Waals surface area contributed by atoms with Crippen LogP contribution >= 0.6 is 0 Å². The Bertz CT molecular complexity index is 645. The zero-order valence-electron chi connectivity index (χ0n) is 13.3. The molecule has 0 saturated heterocycles. The van der Waals surface area contributed by atoms with E-state index >= 15 is 0 Å². The first-order chi connectivity index (χ1) is 10.5. The van der Waals surface area contributed by atoms with Gasteiger partial charge in [-0.15, -0.1) is 0 Å². The Balaban J connectivity index is 2.07. The minimum atomic E-state index is -4.37. The van der Waals surface area contributed by atoms with Gasteiger partial charge in [0.05, 0.1) is 11.2 Å². The van der Waals surface area contributed by atoms with Crippen LogP contribution in [-0.2, 0) is 17.6 Å². The third-order valence-corrected chi connectivity index (χ3v) is 2.73. The quantitative estimate of drug-likeness (QED) is 0.796. The van der Waals surface area contributed by atoms with Gasteiger partial charge in [-0.2, -0.15) is 23.2 Å². The highest BCUT2D eigenvalue weighted by molar-refractivity contribution is 5.54. The smallest absolute Gasteiger partial charge is 0.337 e. The average Bonchev–Trinajstić information content (AvgIpc) is 2.84. The Hall–Kier alpha value is -1.93. The van der Waals surface area contributed by atoms with E-state index in [4.69, 9.17) is 9.36 Å². The molecule has 5 nitrogen and oxygen atoms in total. The minimum absolute atomic E-state index is 0.234. The van der Waals surface area contributed by atoms with Gasteiger partial charge in [-0.05, 0) is 32.9 Å². The van der Waals surface area contributed by atoms with Crippen LogP contribution in [0.25, 0.3) is 11.4 Å². The van der Waals surface area contributed by atoms with Gasteiger partial charge >= 0.3 is 6.18 Å². The lowest BCUT2D eigenvalue weighted by Gasteiger charge is -2.25. The molecule has 1 aromatic heterocycles. The van der Waals surface area contributed by atoms with Gasteiger partial charge < -0.3 is 4.52 Å². The van der Waals surface area contributed by atoms with Crippen LogP contribution in [0.4, 0.5) is 13.2 Å². The molecule has 0 aliphatic rings. The second kappa shape index (κ2) is 6.29. The highest BCUT2D eigenvalue weighted by atomic mass is 19.4. The predicted octanol–water partition coefficient (Wildman–Crippen LogP) is 3.92. The number of hydrogen-bond donors (Lipinski definition) is 0. The van der Waals surface area contributed by atoms with Crippen LogP contribution in [0, 0.1) is 0 Å². The zero-order chi connectivity index (χ0) is 17.3. The maximum Gasteiger partial charge on any atom is 0.416 e. The summed E-state index contributed by atoms with van der Waals surface area (Å²) in [5, 5.41) is 5.34. The minimum Gasteiger partial charge on any atom is -0.337 e. The number of alkyl halides is 3. The van der Waals surface area contributed by atoms with Gasteiger partial charge in [0.2, 0.25) is 11.7 Å². The van der Waals surface area contributed by atoms with Gasteiger partial charge in [0.15, 0.2) is 0 Å². The second-order valence-electron chi connectivity index (χ2n) is 6.08. The van der Waals surface area contributed by atoms with E-state index in [1.54, 1.807) is 12.1 Å². The molecule has 1 heterocycles. The summed E-state index contributed by atoms with van der Waals surface area (Å²) in [5.41, 5.74) is -0.624. The Morgan fingerprint density at radius 3 is 2.26 bits per heavy atom. The van der Waals surface area contributed by atoms with E-state index in [1.807, 2.05) is 20.8 Å². The maximum absolute atomic E-state index is 12.5. The lowest BCUT2D eigenvalue weighted by Crippen LogP contribution is -2.30. The number of nitrogens with zero attached hydrogens (tertiary/aromatic N) is 3. The standard InChI is InChI=1S/C15H18F3N3O2/c1-14(2,3)23-21(4)9-12-19-13(20-22-12)10-5-7-11(8-6-10)15(16,17)18/h5-8H,9H2,1-4H3. The van der Waals surface area contributed by atoms with Gasteiger partial charge in [0.1, 0.15) is 6.54 Å². The Morgan fingerprint density at radius 1 is 1.13 bits per heavy atom. The highest BCUT2D eigenvalue weighted by Crippen LogP contribution is 2.30. The second-order valence-corrected chi connectivity index (χ2v) is 6.08. The first-order valence-electron chi connectivity index (χ1n) is 6.95. The molecule has 0 atom stereocenters. The molecule has 8 heteroatoms. The van der Waals surface area contributed by atoms with Gasteiger partial charge in [-0.3, -0.25) is 4.84 Å². The fourth-order valence-corrected chi connectivity index (χ4v) is 1.93. The number of rotatable bonds is 4. The molecule has 0 spiro atoms. The largest absolute Gasteiger partial charge is 0.416 e. The van der Waals surface area contributed by atoms with Crippen LogP contribution in [0.15, 0.2) is 28.8 Å². The molecule has 0 unspecified atom stereocenters. The molecule has 1 aromatic carbocycles. The summed E-state index contributed by atoms with van der Waals surface area (Å²) in [7, 11) is 1.73. The fraction of sp³-hybridized carbons (Fsp3) is 0.467. The van der Waals surface area contributed by atoms with Crippen LogP contribution in [0.2, 0.25) is 0 Å². The van der Waals surface area contributed by atoms with Crippen LogP contribution < -0.4 is 0 Å². The van der Waals surface area contributed by atoms with Crippen molar-refractivity contribution in [2.24, 2.45) is 0 Å². The monoisotopic (exact) mass is 329 g/mol. The molecule has 0 radical (unpaired) electrons. The lowest BCUT2D eigenvalue weighted by molar-refractivity contribution is -0.222. The summed E-state index contributed by atoms with van der Waals surface area (Å²) in [6, 6.07) is 4.60. The van der Waals surface area contributed by atoms with E-state index in [2.05, 4.69) is 10.1 Å². The molecular formula is C15H18F3N3O2. The number of halogens is 3. The van der Waals surface area contributed by atoms with Crippen LogP contribution in [0.1, 0.15) is 32.2 Å². The van der Waals surface area contributed by atoms with E-state index in [-0.39, 0.29) is 18.0 Å². The molecule has 0 fully saturated rings. The Labute approximate surface area is 132 Å². The van der Waals surface area contributed by atoms with Crippen molar-refractivity contribution in [3.8, 4) is 11.4 Å².